The molecule has 0 spiro atoms. The molecule has 1 aliphatic rings. The van der Waals surface area contributed by atoms with Gasteiger partial charge in [-0.15, -0.1) is 0 Å². The van der Waals surface area contributed by atoms with Crippen molar-refractivity contribution in [3.05, 3.63) is 47.5 Å². The summed E-state index contributed by atoms with van der Waals surface area (Å²) in [5, 5.41) is 59.3. The number of Topliss-reactive ketones (excluding diaryl/α,β-unsaturated/α-hetero) is 1. The number of methoxy groups -OCH3 is 1. The van der Waals surface area contributed by atoms with Gasteiger partial charge in [-0.1, -0.05) is 12.1 Å². The molecule has 6 N–H and O–H groups in total. The molecule has 3 rings (SSSR count). The number of carbonyl (C=O) groups is 1. The van der Waals surface area contributed by atoms with Crippen LogP contribution in [-0.4, -0.2) is 80.8 Å². The minimum Gasteiger partial charge on any atom is -0.508 e. The molecule has 1 fully saturated rings. The summed E-state index contributed by atoms with van der Waals surface area (Å²) in [4.78, 5) is 12.9. The zero-order valence-electron chi connectivity index (χ0n) is 17.3. The number of hydrogen-bond donors (Lipinski definition) is 6. The van der Waals surface area contributed by atoms with Gasteiger partial charge in [0.2, 0.25) is 6.29 Å². The average molecular weight is 450 g/mol. The number of aliphatic hydroxyl groups excluding tert-OH is 4. The summed E-state index contributed by atoms with van der Waals surface area (Å²) in [6.07, 6.45) is -7.36. The van der Waals surface area contributed by atoms with E-state index in [1.807, 2.05) is 0 Å². The molecule has 0 aliphatic carbocycles. The van der Waals surface area contributed by atoms with Crippen LogP contribution in [0.5, 0.6) is 23.0 Å². The first-order valence-corrected chi connectivity index (χ1v) is 9.94. The molecule has 32 heavy (non-hydrogen) atoms. The fraction of sp³-hybridized carbons (Fsp3) is 0.409. The van der Waals surface area contributed by atoms with Crippen molar-refractivity contribution in [3.8, 4) is 23.0 Å². The third-order valence-electron chi connectivity index (χ3n) is 5.24. The van der Waals surface area contributed by atoms with E-state index in [9.17, 15) is 35.4 Å². The van der Waals surface area contributed by atoms with Crippen LogP contribution >= 0.6 is 0 Å². The summed E-state index contributed by atoms with van der Waals surface area (Å²) < 4.78 is 16.0. The van der Waals surface area contributed by atoms with Gasteiger partial charge >= 0.3 is 0 Å². The molecule has 0 amide bonds. The number of aromatic hydroxyl groups is 2. The molecule has 174 valence electrons. The highest BCUT2D eigenvalue weighted by atomic mass is 16.7. The van der Waals surface area contributed by atoms with Crippen molar-refractivity contribution in [2.75, 3.05) is 13.7 Å². The summed E-state index contributed by atoms with van der Waals surface area (Å²) in [5.41, 5.74) is 0.613. The fourth-order valence-electron chi connectivity index (χ4n) is 3.40. The number of phenolic OH excluding ortho intramolecular Hbond substituents is 2. The predicted molar refractivity (Wildman–Crippen MR) is 110 cm³/mol. The van der Waals surface area contributed by atoms with Gasteiger partial charge in [0.15, 0.2) is 5.78 Å². The van der Waals surface area contributed by atoms with E-state index >= 15 is 0 Å². The van der Waals surface area contributed by atoms with Crippen LogP contribution in [0, 0.1) is 0 Å². The predicted octanol–water partition coefficient (Wildman–Crippen LogP) is 0.101. The van der Waals surface area contributed by atoms with E-state index in [0.29, 0.717) is 6.42 Å². The van der Waals surface area contributed by atoms with E-state index < -0.39 is 48.8 Å². The van der Waals surface area contributed by atoms with Crippen molar-refractivity contribution in [2.45, 2.75) is 43.5 Å². The Labute approximate surface area is 183 Å². The highest BCUT2D eigenvalue weighted by Gasteiger charge is 2.45. The second kappa shape index (κ2) is 10.2. The molecule has 0 saturated carbocycles. The van der Waals surface area contributed by atoms with Gasteiger partial charge in [-0.2, -0.15) is 0 Å². The Morgan fingerprint density at radius 3 is 2.34 bits per heavy atom. The Balaban J connectivity index is 1.85. The molecule has 1 saturated heterocycles. The summed E-state index contributed by atoms with van der Waals surface area (Å²) in [7, 11) is 1.35. The van der Waals surface area contributed by atoms with Gasteiger partial charge in [0, 0.05) is 18.6 Å². The van der Waals surface area contributed by atoms with Crippen LogP contribution in [-0.2, 0) is 11.2 Å². The van der Waals surface area contributed by atoms with Crippen molar-refractivity contribution in [1.29, 1.82) is 0 Å². The molecule has 10 heteroatoms. The average Bonchev–Trinajstić information content (AvgIpc) is 2.78. The van der Waals surface area contributed by atoms with Crippen LogP contribution in [0.1, 0.15) is 22.3 Å². The van der Waals surface area contributed by atoms with E-state index in [1.165, 1.54) is 31.4 Å². The monoisotopic (exact) mass is 450 g/mol. The molecule has 10 nitrogen and oxygen atoms in total. The van der Waals surface area contributed by atoms with Crippen LogP contribution < -0.4 is 9.47 Å². The fourth-order valence-corrected chi connectivity index (χ4v) is 3.40. The molecule has 0 radical (unpaired) electrons. The summed E-state index contributed by atoms with van der Waals surface area (Å²) in [6.45, 7) is -0.646. The van der Waals surface area contributed by atoms with E-state index in [4.69, 9.17) is 14.2 Å². The van der Waals surface area contributed by atoms with Crippen molar-refractivity contribution < 1.29 is 49.6 Å². The van der Waals surface area contributed by atoms with Crippen LogP contribution in [0.4, 0.5) is 0 Å². The molecule has 5 atom stereocenters. The lowest BCUT2D eigenvalue weighted by molar-refractivity contribution is -0.277. The smallest absolute Gasteiger partial charge is 0.229 e. The molecule has 1 heterocycles. The zero-order valence-corrected chi connectivity index (χ0v) is 17.3. The Morgan fingerprint density at radius 2 is 1.72 bits per heavy atom. The molecule has 0 bridgehead atoms. The molecule has 5 unspecified atom stereocenters. The first-order valence-electron chi connectivity index (χ1n) is 9.94. The van der Waals surface area contributed by atoms with E-state index in [-0.39, 0.29) is 29.2 Å². The zero-order chi connectivity index (χ0) is 23.4. The van der Waals surface area contributed by atoms with Crippen molar-refractivity contribution in [3.63, 3.8) is 0 Å². The van der Waals surface area contributed by atoms with Crippen molar-refractivity contribution in [2.24, 2.45) is 0 Å². The Hall–Kier alpha value is -2.89. The second-order valence-corrected chi connectivity index (χ2v) is 7.42. The molecule has 2 aromatic carbocycles. The van der Waals surface area contributed by atoms with Gasteiger partial charge < -0.3 is 44.8 Å². The number of hydrogen-bond acceptors (Lipinski definition) is 10. The van der Waals surface area contributed by atoms with Gasteiger partial charge in [0.05, 0.1) is 13.7 Å². The summed E-state index contributed by atoms with van der Waals surface area (Å²) in [6, 6.07) is 8.88. The number of benzene rings is 2. The number of phenols is 2. The lowest BCUT2D eigenvalue weighted by Gasteiger charge is -2.39. The number of carbonyl (C=O) groups excluding carboxylic acids is 1. The minimum absolute atomic E-state index is 0.00426. The largest absolute Gasteiger partial charge is 0.508 e. The number of rotatable bonds is 8. The molecular weight excluding hydrogens is 424 g/mol. The maximum absolute atomic E-state index is 12.9. The van der Waals surface area contributed by atoms with E-state index in [0.717, 1.165) is 5.56 Å². The third kappa shape index (κ3) is 5.12. The first-order chi connectivity index (χ1) is 15.2. The molecule has 1 aliphatic heterocycles. The summed E-state index contributed by atoms with van der Waals surface area (Å²) in [5.74, 6) is -0.792. The van der Waals surface area contributed by atoms with Gasteiger partial charge in [0.1, 0.15) is 53.0 Å². The maximum Gasteiger partial charge on any atom is 0.229 e. The van der Waals surface area contributed by atoms with Gasteiger partial charge in [-0.3, -0.25) is 4.79 Å². The Bertz CT molecular complexity index is 927. The lowest BCUT2D eigenvalue weighted by atomic mass is 9.99. The third-order valence-corrected chi connectivity index (χ3v) is 5.24. The standard InChI is InChI=1S/C22H26O10/c1-30-13-8-15(26)18(14(25)7-4-11-2-5-12(24)6-3-11)16(9-13)31-22-21(29)20(28)19(27)17(10-23)32-22/h2-3,5-6,8-9,17,19-24,26-29H,4,7,10H2,1H3. The number of aryl methyl sites for hydroxylation is 1. The lowest BCUT2D eigenvalue weighted by Crippen LogP contribution is -2.60. The second-order valence-electron chi connectivity index (χ2n) is 7.42. The number of aliphatic hydroxyl groups is 4. The van der Waals surface area contributed by atoms with Gasteiger partial charge in [-0.05, 0) is 24.1 Å². The van der Waals surface area contributed by atoms with Crippen LogP contribution in [0.25, 0.3) is 0 Å². The topological polar surface area (TPSA) is 166 Å². The molecular formula is C22H26O10. The van der Waals surface area contributed by atoms with Gasteiger partial charge in [-0.25, -0.2) is 0 Å². The van der Waals surface area contributed by atoms with Crippen LogP contribution in [0.15, 0.2) is 36.4 Å². The van der Waals surface area contributed by atoms with Gasteiger partial charge in [0.25, 0.3) is 0 Å². The van der Waals surface area contributed by atoms with E-state index in [1.54, 1.807) is 12.1 Å². The molecule has 0 aromatic heterocycles. The van der Waals surface area contributed by atoms with E-state index in [2.05, 4.69) is 0 Å². The molecule has 2 aromatic rings. The Morgan fingerprint density at radius 1 is 1.03 bits per heavy atom. The van der Waals surface area contributed by atoms with Crippen LogP contribution in [0.3, 0.4) is 0 Å². The van der Waals surface area contributed by atoms with Crippen molar-refractivity contribution in [1.82, 2.24) is 0 Å². The Kier molecular flexibility index (Phi) is 7.54. The number of ketones is 1. The SMILES string of the molecule is COc1cc(O)c(C(=O)CCc2ccc(O)cc2)c(OC2OC(CO)C(O)C(O)C2O)c1. The quantitative estimate of drug-likeness (QED) is 0.304. The minimum atomic E-state index is -1.69. The maximum atomic E-state index is 12.9. The first kappa shape index (κ1) is 23.8. The normalized spacial score (nSPS) is 25.3. The highest BCUT2D eigenvalue weighted by molar-refractivity contribution is 6.01. The van der Waals surface area contributed by atoms with Crippen molar-refractivity contribution >= 4 is 5.78 Å². The summed E-state index contributed by atoms with van der Waals surface area (Å²) >= 11 is 0. The highest BCUT2D eigenvalue weighted by Crippen LogP contribution is 2.36. The number of ether oxygens (including phenoxy) is 3. The van der Waals surface area contributed by atoms with Crippen LogP contribution in [0.2, 0.25) is 0 Å².